The third kappa shape index (κ3) is 3.35. The Morgan fingerprint density at radius 1 is 1.54 bits per heavy atom. The van der Waals surface area contributed by atoms with Crippen molar-refractivity contribution in [2.45, 2.75) is 45.1 Å². The summed E-state index contributed by atoms with van der Waals surface area (Å²) in [5.41, 5.74) is 5.35. The molecule has 1 unspecified atom stereocenters. The lowest BCUT2D eigenvalue weighted by Crippen LogP contribution is -2.40. The van der Waals surface area contributed by atoms with Gasteiger partial charge in [0.2, 0.25) is 0 Å². The molecule has 76 valence electrons. The van der Waals surface area contributed by atoms with E-state index in [9.17, 15) is 0 Å². The van der Waals surface area contributed by atoms with Crippen molar-refractivity contribution in [1.82, 2.24) is 4.90 Å². The van der Waals surface area contributed by atoms with Gasteiger partial charge in [-0.15, -0.1) is 0 Å². The highest BCUT2D eigenvalue weighted by Crippen LogP contribution is 2.19. The smallest absolute Gasteiger partial charge is 0.0918 e. The van der Waals surface area contributed by atoms with Crippen LogP contribution in [0.5, 0.6) is 0 Å². The van der Waals surface area contributed by atoms with Gasteiger partial charge < -0.3 is 5.73 Å². The van der Waals surface area contributed by atoms with Crippen LogP contribution in [0.1, 0.15) is 39.0 Å². The maximum atomic E-state index is 7.19. The number of piperidine rings is 1. The minimum atomic E-state index is 0.320. The molecule has 0 saturated carbocycles. The Hall–Kier alpha value is -0.570. The highest BCUT2D eigenvalue weighted by molar-refractivity contribution is 5.76. The quantitative estimate of drug-likeness (QED) is 0.513. The predicted octanol–water partition coefficient (Wildman–Crippen LogP) is 1.58. The lowest BCUT2D eigenvalue weighted by molar-refractivity contribution is 0.148. The first kappa shape index (κ1) is 10.5. The Labute approximate surface area is 80.8 Å². The SMILES string of the molecule is CCC1CCCCN1CCC(=N)N. The normalized spacial score (nSPS) is 24.5. The number of rotatable bonds is 4. The molecular formula is C10H21N3. The Balaban J connectivity index is 2.31. The monoisotopic (exact) mass is 183 g/mol. The second-order valence-corrected chi connectivity index (χ2v) is 3.87. The van der Waals surface area contributed by atoms with Crippen molar-refractivity contribution in [3.05, 3.63) is 0 Å². The summed E-state index contributed by atoms with van der Waals surface area (Å²) in [6, 6.07) is 0.744. The van der Waals surface area contributed by atoms with Gasteiger partial charge in [-0.3, -0.25) is 10.3 Å². The fourth-order valence-electron chi connectivity index (χ4n) is 2.08. The molecule has 1 atom stereocenters. The molecule has 0 spiro atoms. The minimum Gasteiger partial charge on any atom is -0.388 e. The van der Waals surface area contributed by atoms with Gasteiger partial charge in [0.25, 0.3) is 0 Å². The number of nitrogens with zero attached hydrogens (tertiary/aromatic N) is 1. The van der Waals surface area contributed by atoms with Crippen molar-refractivity contribution in [3.8, 4) is 0 Å². The van der Waals surface area contributed by atoms with Gasteiger partial charge in [0.15, 0.2) is 0 Å². The Kier molecular flexibility index (Phi) is 4.22. The first-order valence-corrected chi connectivity index (χ1v) is 5.31. The van der Waals surface area contributed by atoms with E-state index in [4.69, 9.17) is 11.1 Å². The molecule has 0 radical (unpaired) electrons. The molecule has 3 nitrogen and oxygen atoms in total. The zero-order chi connectivity index (χ0) is 9.68. The highest BCUT2D eigenvalue weighted by Gasteiger charge is 2.19. The van der Waals surface area contributed by atoms with E-state index >= 15 is 0 Å². The second kappa shape index (κ2) is 5.22. The van der Waals surface area contributed by atoms with Crippen molar-refractivity contribution in [2.24, 2.45) is 5.73 Å². The molecule has 3 heteroatoms. The average molecular weight is 183 g/mol. The number of amidine groups is 1. The Bertz CT molecular complexity index is 168. The molecular weight excluding hydrogens is 162 g/mol. The molecule has 1 rings (SSSR count). The van der Waals surface area contributed by atoms with Crippen LogP contribution >= 0.6 is 0 Å². The number of likely N-dealkylation sites (tertiary alicyclic amines) is 1. The van der Waals surface area contributed by atoms with E-state index in [1.54, 1.807) is 0 Å². The lowest BCUT2D eigenvalue weighted by atomic mass is 10.00. The number of hydrogen-bond donors (Lipinski definition) is 2. The number of nitrogens with two attached hydrogens (primary N) is 1. The van der Waals surface area contributed by atoms with Crippen LogP contribution in [0, 0.1) is 5.41 Å². The standard InChI is InChI=1S/C10H21N3/c1-2-9-5-3-4-7-13(9)8-6-10(11)12/h9H,2-8H2,1H3,(H3,11,12). The fraction of sp³-hybridized carbons (Fsp3) is 0.900. The topological polar surface area (TPSA) is 53.1 Å². The molecule has 0 bridgehead atoms. The van der Waals surface area contributed by atoms with Crippen molar-refractivity contribution in [2.75, 3.05) is 13.1 Å². The summed E-state index contributed by atoms with van der Waals surface area (Å²) in [5.74, 6) is 0.320. The molecule has 0 aromatic rings. The van der Waals surface area contributed by atoms with Gasteiger partial charge in [-0.2, -0.15) is 0 Å². The van der Waals surface area contributed by atoms with E-state index in [-0.39, 0.29) is 0 Å². The first-order valence-electron chi connectivity index (χ1n) is 5.31. The molecule has 1 heterocycles. The molecule has 3 N–H and O–H groups in total. The van der Waals surface area contributed by atoms with E-state index in [0.717, 1.165) is 19.0 Å². The molecule has 0 aromatic heterocycles. The summed E-state index contributed by atoms with van der Waals surface area (Å²) in [5, 5.41) is 7.19. The predicted molar refractivity (Wildman–Crippen MR) is 56.0 cm³/mol. The molecule has 1 fully saturated rings. The third-order valence-corrected chi connectivity index (χ3v) is 2.89. The van der Waals surface area contributed by atoms with Crippen LogP contribution in [0.2, 0.25) is 0 Å². The van der Waals surface area contributed by atoms with Gasteiger partial charge in [0.1, 0.15) is 0 Å². The maximum absolute atomic E-state index is 7.19. The molecule has 1 aliphatic heterocycles. The summed E-state index contributed by atoms with van der Waals surface area (Å²) in [7, 11) is 0. The summed E-state index contributed by atoms with van der Waals surface area (Å²) in [4.78, 5) is 2.49. The van der Waals surface area contributed by atoms with E-state index < -0.39 is 0 Å². The zero-order valence-corrected chi connectivity index (χ0v) is 8.55. The van der Waals surface area contributed by atoms with Crippen molar-refractivity contribution in [3.63, 3.8) is 0 Å². The summed E-state index contributed by atoms with van der Waals surface area (Å²) in [6.45, 7) is 4.43. The second-order valence-electron chi connectivity index (χ2n) is 3.87. The first-order chi connectivity index (χ1) is 6.24. The summed E-state index contributed by atoms with van der Waals surface area (Å²) in [6.07, 6.45) is 5.98. The lowest BCUT2D eigenvalue weighted by Gasteiger charge is -2.35. The fourth-order valence-corrected chi connectivity index (χ4v) is 2.08. The van der Waals surface area contributed by atoms with Crippen molar-refractivity contribution >= 4 is 5.84 Å². The van der Waals surface area contributed by atoms with Crippen LogP contribution in [0.25, 0.3) is 0 Å². The van der Waals surface area contributed by atoms with Crippen molar-refractivity contribution in [1.29, 1.82) is 5.41 Å². The Morgan fingerprint density at radius 2 is 2.31 bits per heavy atom. The van der Waals surface area contributed by atoms with E-state index in [2.05, 4.69) is 11.8 Å². The van der Waals surface area contributed by atoms with Gasteiger partial charge >= 0.3 is 0 Å². The van der Waals surface area contributed by atoms with E-state index in [0.29, 0.717) is 5.84 Å². The Morgan fingerprint density at radius 3 is 2.92 bits per heavy atom. The molecule has 0 aromatic carbocycles. The highest BCUT2D eigenvalue weighted by atomic mass is 15.2. The van der Waals surface area contributed by atoms with Crippen LogP contribution in [0.15, 0.2) is 0 Å². The average Bonchev–Trinajstić information content (AvgIpc) is 2.15. The summed E-state index contributed by atoms with van der Waals surface area (Å²) < 4.78 is 0. The van der Waals surface area contributed by atoms with Crippen LogP contribution in [-0.2, 0) is 0 Å². The third-order valence-electron chi connectivity index (χ3n) is 2.89. The van der Waals surface area contributed by atoms with Crippen LogP contribution in [0.3, 0.4) is 0 Å². The molecule has 0 aliphatic carbocycles. The number of nitrogens with one attached hydrogen (secondary N) is 1. The molecule has 0 amide bonds. The van der Waals surface area contributed by atoms with Crippen LogP contribution in [0.4, 0.5) is 0 Å². The van der Waals surface area contributed by atoms with Gasteiger partial charge in [-0.05, 0) is 25.8 Å². The molecule has 1 saturated heterocycles. The van der Waals surface area contributed by atoms with Gasteiger partial charge in [-0.1, -0.05) is 13.3 Å². The van der Waals surface area contributed by atoms with Crippen LogP contribution in [-0.4, -0.2) is 29.9 Å². The summed E-state index contributed by atoms with van der Waals surface area (Å²) >= 11 is 0. The van der Waals surface area contributed by atoms with Crippen molar-refractivity contribution < 1.29 is 0 Å². The van der Waals surface area contributed by atoms with Crippen LogP contribution < -0.4 is 5.73 Å². The number of hydrogen-bond acceptors (Lipinski definition) is 2. The van der Waals surface area contributed by atoms with E-state index in [1.165, 1.54) is 32.2 Å². The molecule has 13 heavy (non-hydrogen) atoms. The van der Waals surface area contributed by atoms with Gasteiger partial charge in [0.05, 0.1) is 5.84 Å². The maximum Gasteiger partial charge on any atom is 0.0918 e. The van der Waals surface area contributed by atoms with E-state index in [1.807, 2.05) is 0 Å². The van der Waals surface area contributed by atoms with Gasteiger partial charge in [-0.25, -0.2) is 0 Å². The zero-order valence-electron chi connectivity index (χ0n) is 8.55. The molecule has 1 aliphatic rings. The van der Waals surface area contributed by atoms with Gasteiger partial charge in [0, 0.05) is 19.0 Å². The minimum absolute atomic E-state index is 0.320. The largest absolute Gasteiger partial charge is 0.388 e.